The molecule has 2 aromatic heterocycles. The van der Waals surface area contributed by atoms with E-state index in [0.717, 1.165) is 23.1 Å². The molecule has 90 valence electrons. The first-order valence-electron chi connectivity index (χ1n) is 4.97. The number of hydrogen-bond donors (Lipinski definition) is 1. The zero-order chi connectivity index (χ0) is 12.1. The average Bonchev–Trinajstić information content (AvgIpc) is 2.84. The maximum absolute atomic E-state index is 5.09. The fraction of sp³-hybridized carbons (Fsp3) is 0.300. The van der Waals surface area contributed by atoms with E-state index in [-0.39, 0.29) is 0 Å². The quantitative estimate of drug-likeness (QED) is 0.918. The van der Waals surface area contributed by atoms with E-state index >= 15 is 0 Å². The Morgan fingerprint density at radius 3 is 3.06 bits per heavy atom. The first-order chi connectivity index (χ1) is 8.29. The summed E-state index contributed by atoms with van der Waals surface area (Å²) in [6.07, 6.45) is 2.52. The minimum Gasteiger partial charge on any atom is -0.480 e. The molecule has 0 aliphatic carbocycles. The lowest BCUT2D eigenvalue weighted by atomic mass is 10.3. The highest BCUT2D eigenvalue weighted by Crippen LogP contribution is 2.21. The van der Waals surface area contributed by atoms with E-state index in [1.807, 2.05) is 10.9 Å². The van der Waals surface area contributed by atoms with Gasteiger partial charge >= 0.3 is 0 Å². The largest absolute Gasteiger partial charge is 0.480 e. The highest BCUT2D eigenvalue weighted by Gasteiger charge is 2.04. The summed E-state index contributed by atoms with van der Waals surface area (Å²) in [6.45, 7) is 0.745. The Morgan fingerprint density at radius 2 is 2.35 bits per heavy atom. The third kappa shape index (κ3) is 3.37. The molecule has 7 heteroatoms. The molecule has 0 amide bonds. The first-order valence-corrected chi connectivity index (χ1v) is 6.70. The Bertz CT molecular complexity index is 477. The molecule has 0 fully saturated rings. The van der Waals surface area contributed by atoms with Crippen molar-refractivity contribution in [3.63, 3.8) is 0 Å². The maximum Gasteiger partial charge on any atom is 0.232 e. The van der Waals surface area contributed by atoms with Gasteiger partial charge in [0.2, 0.25) is 11.8 Å². The third-order valence-electron chi connectivity index (χ3n) is 2.05. The van der Waals surface area contributed by atoms with Crippen molar-refractivity contribution in [1.82, 2.24) is 15.0 Å². The van der Waals surface area contributed by atoms with Gasteiger partial charge in [0.15, 0.2) is 0 Å². The van der Waals surface area contributed by atoms with Crippen LogP contribution in [0.15, 0.2) is 21.6 Å². The predicted molar refractivity (Wildman–Crippen MR) is 70.6 cm³/mol. The van der Waals surface area contributed by atoms with Crippen LogP contribution in [0.5, 0.6) is 5.88 Å². The minimum absolute atomic E-state index is 0.524. The summed E-state index contributed by atoms with van der Waals surface area (Å²) < 4.78 is 5.83. The molecular weight excluding hydrogens is 304 g/mol. The molecule has 0 saturated carbocycles. The van der Waals surface area contributed by atoms with Crippen LogP contribution in [0.1, 0.15) is 5.69 Å². The molecule has 0 aliphatic heterocycles. The second kappa shape index (κ2) is 5.92. The topological polar surface area (TPSA) is 59.9 Å². The van der Waals surface area contributed by atoms with Crippen molar-refractivity contribution in [3.8, 4) is 5.88 Å². The van der Waals surface area contributed by atoms with Crippen LogP contribution in [-0.2, 0) is 6.42 Å². The van der Waals surface area contributed by atoms with E-state index in [1.54, 1.807) is 24.6 Å². The summed E-state index contributed by atoms with van der Waals surface area (Å²) in [6, 6.07) is 0. The number of halogens is 1. The summed E-state index contributed by atoms with van der Waals surface area (Å²) in [5.41, 5.74) is 2.90. The lowest BCUT2D eigenvalue weighted by Gasteiger charge is -2.06. The lowest BCUT2D eigenvalue weighted by molar-refractivity contribution is 0.394. The van der Waals surface area contributed by atoms with Crippen LogP contribution in [0.25, 0.3) is 0 Å². The highest BCUT2D eigenvalue weighted by atomic mass is 79.9. The third-order valence-corrected chi connectivity index (χ3v) is 3.23. The van der Waals surface area contributed by atoms with Gasteiger partial charge in [-0.2, -0.15) is 4.98 Å². The zero-order valence-corrected chi connectivity index (χ0v) is 11.6. The van der Waals surface area contributed by atoms with Crippen molar-refractivity contribution in [3.05, 3.63) is 27.3 Å². The van der Waals surface area contributed by atoms with Gasteiger partial charge in [-0.05, 0) is 15.9 Å². The number of rotatable bonds is 5. The molecule has 5 nitrogen and oxygen atoms in total. The first kappa shape index (κ1) is 12.3. The van der Waals surface area contributed by atoms with Gasteiger partial charge in [-0.1, -0.05) is 0 Å². The molecule has 0 bridgehead atoms. The molecule has 0 aliphatic rings. The van der Waals surface area contributed by atoms with Crippen LogP contribution < -0.4 is 10.1 Å². The van der Waals surface area contributed by atoms with Gasteiger partial charge in [0, 0.05) is 18.3 Å². The summed E-state index contributed by atoms with van der Waals surface area (Å²) in [7, 11) is 1.58. The van der Waals surface area contributed by atoms with E-state index < -0.39 is 0 Å². The van der Waals surface area contributed by atoms with Gasteiger partial charge < -0.3 is 10.1 Å². The van der Waals surface area contributed by atoms with Crippen molar-refractivity contribution in [2.45, 2.75) is 6.42 Å². The van der Waals surface area contributed by atoms with Crippen LogP contribution >= 0.6 is 27.3 Å². The Hall–Kier alpha value is -1.21. The van der Waals surface area contributed by atoms with Crippen molar-refractivity contribution in [2.24, 2.45) is 0 Å². The molecule has 0 radical (unpaired) electrons. The van der Waals surface area contributed by atoms with E-state index in [1.165, 1.54) is 0 Å². The lowest BCUT2D eigenvalue weighted by Crippen LogP contribution is -2.08. The zero-order valence-electron chi connectivity index (χ0n) is 9.18. The molecule has 1 N–H and O–H groups in total. The molecule has 0 saturated heterocycles. The van der Waals surface area contributed by atoms with Crippen molar-refractivity contribution in [2.75, 3.05) is 19.0 Å². The smallest absolute Gasteiger partial charge is 0.232 e. The summed E-state index contributed by atoms with van der Waals surface area (Å²) in [4.78, 5) is 12.5. The number of thiazole rings is 1. The van der Waals surface area contributed by atoms with Crippen LogP contribution in [0.4, 0.5) is 5.95 Å². The summed E-state index contributed by atoms with van der Waals surface area (Å²) >= 11 is 4.90. The van der Waals surface area contributed by atoms with E-state index in [4.69, 9.17) is 4.74 Å². The Kier molecular flexibility index (Phi) is 4.27. The van der Waals surface area contributed by atoms with Gasteiger partial charge in [0.25, 0.3) is 0 Å². The Morgan fingerprint density at radius 1 is 1.47 bits per heavy atom. The van der Waals surface area contributed by atoms with Crippen LogP contribution in [0.3, 0.4) is 0 Å². The van der Waals surface area contributed by atoms with E-state index in [0.29, 0.717) is 11.8 Å². The number of hydrogen-bond acceptors (Lipinski definition) is 6. The van der Waals surface area contributed by atoms with Gasteiger partial charge in [0.1, 0.15) is 0 Å². The van der Waals surface area contributed by atoms with Gasteiger partial charge in [0.05, 0.1) is 29.0 Å². The second-order valence-corrected chi connectivity index (χ2v) is 4.78. The normalized spacial score (nSPS) is 10.2. The molecular formula is C10H11BrN4OS. The van der Waals surface area contributed by atoms with Crippen LogP contribution in [0, 0.1) is 0 Å². The minimum atomic E-state index is 0.524. The number of ether oxygens (including phenoxy) is 1. The Labute approximate surface area is 111 Å². The summed E-state index contributed by atoms with van der Waals surface area (Å²) in [5.74, 6) is 1.08. The SMILES string of the molecule is COc1nc(NCCc2cscn2)ncc1Br. The standard InChI is InChI=1S/C10H11BrN4OS/c1-16-9-8(11)4-13-10(15-9)12-3-2-7-5-17-6-14-7/h4-6H,2-3H2,1H3,(H,12,13,15). The number of aromatic nitrogens is 3. The molecule has 17 heavy (non-hydrogen) atoms. The molecule has 2 rings (SSSR count). The van der Waals surface area contributed by atoms with Crippen LogP contribution in [-0.4, -0.2) is 28.6 Å². The van der Waals surface area contributed by atoms with Crippen molar-refractivity contribution in [1.29, 1.82) is 0 Å². The molecule has 0 aromatic carbocycles. The van der Waals surface area contributed by atoms with Crippen molar-refractivity contribution < 1.29 is 4.74 Å². The average molecular weight is 315 g/mol. The van der Waals surface area contributed by atoms with E-state index in [9.17, 15) is 0 Å². The monoisotopic (exact) mass is 314 g/mol. The molecule has 0 atom stereocenters. The van der Waals surface area contributed by atoms with Crippen LogP contribution in [0.2, 0.25) is 0 Å². The molecule has 0 spiro atoms. The van der Waals surface area contributed by atoms with Crippen molar-refractivity contribution >= 4 is 33.2 Å². The fourth-order valence-corrected chi connectivity index (χ4v) is 2.19. The van der Waals surface area contributed by atoms with E-state index in [2.05, 4.69) is 36.2 Å². The molecule has 2 heterocycles. The maximum atomic E-state index is 5.09. The number of nitrogens with one attached hydrogen (secondary N) is 1. The fourth-order valence-electron chi connectivity index (χ4n) is 1.24. The number of anilines is 1. The van der Waals surface area contributed by atoms with Gasteiger partial charge in [-0.15, -0.1) is 11.3 Å². The second-order valence-electron chi connectivity index (χ2n) is 3.21. The molecule has 2 aromatic rings. The predicted octanol–water partition coefficient (Wildman–Crippen LogP) is 2.36. The van der Waals surface area contributed by atoms with Gasteiger partial charge in [-0.25, -0.2) is 9.97 Å². The Balaban J connectivity index is 1.90. The summed E-state index contributed by atoms with van der Waals surface area (Å²) in [5, 5.41) is 5.16. The molecule has 0 unspecified atom stereocenters. The highest BCUT2D eigenvalue weighted by molar-refractivity contribution is 9.10. The number of methoxy groups -OCH3 is 1. The number of nitrogens with zero attached hydrogens (tertiary/aromatic N) is 3. The van der Waals surface area contributed by atoms with Gasteiger partial charge in [-0.3, -0.25) is 0 Å².